The van der Waals surface area contributed by atoms with E-state index in [0.29, 0.717) is 0 Å². The fourth-order valence-corrected chi connectivity index (χ4v) is 2.75. The van der Waals surface area contributed by atoms with Gasteiger partial charge in [-0.05, 0) is 26.1 Å². The van der Waals surface area contributed by atoms with Gasteiger partial charge in [-0.15, -0.1) is 0 Å². The van der Waals surface area contributed by atoms with Crippen LogP contribution in [0.1, 0.15) is 22.8 Å². The summed E-state index contributed by atoms with van der Waals surface area (Å²) in [6, 6.07) is 1.56. The predicted molar refractivity (Wildman–Crippen MR) is 74.4 cm³/mol. The lowest BCUT2D eigenvalue weighted by Gasteiger charge is -2.44. The van der Waals surface area contributed by atoms with Crippen molar-refractivity contribution in [3.05, 3.63) is 35.4 Å². The maximum absolute atomic E-state index is 13.1. The zero-order valence-electron chi connectivity index (χ0n) is 12.9. The van der Waals surface area contributed by atoms with Crippen molar-refractivity contribution in [3.63, 3.8) is 0 Å². The van der Waals surface area contributed by atoms with Crippen LogP contribution in [0.15, 0.2) is 24.3 Å². The molecule has 2 unspecified atom stereocenters. The van der Waals surface area contributed by atoms with E-state index in [0.717, 1.165) is 28.0 Å². The van der Waals surface area contributed by atoms with Gasteiger partial charge in [0.15, 0.2) is 0 Å². The van der Waals surface area contributed by atoms with Crippen LogP contribution in [0.5, 0.6) is 0 Å². The van der Waals surface area contributed by atoms with E-state index in [1.54, 1.807) is 0 Å². The van der Waals surface area contributed by atoms with Crippen LogP contribution in [0.2, 0.25) is 0 Å². The highest BCUT2D eigenvalue weighted by Crippen LogP contribution is 2.34. The third-order valence-electron chi connectivity index (χ3n) is 4.19. The lowest BCUT2D eigenvalue weighted by Crippen LogP contribution is -2.62. The molecule has 2 atom stereocenters. The molecule has 1 aromatic carbocycles. The molecular formula is C15H16F6N2O. The number of halogens is 6. The summed E-state index contributed by atoms with van der Waals surface area (Å²) >= 11 is 0. The molecule has 0 aliphatic carbocycles. The van der Waals surface area contributed by atoms with Crippen LogP contribution in [-0.2, 0) is 6.18 Å². The fourth-order valence-electron chi connectivity index (χ4n) is 2.75. The maximum Gasteiger partial charge on any atom is 0.417 e. The topological polar surface area (TPSA) is 23.6 Å². The molecule has 1 fully saturated rings. The summed E-state index contributed by atoms with van der Waals surface area (Å²) in [6.07, 6.45) is -9.33. The lowest BCUT2D eigenvalue weighted by atomic mass is 10.0. The summed E-state index contributed by atoms with van der Waals surface area (Å²) in [5.41, 5.74) is -1.78. The Morgan fingerprint density at radius 3 is 2.21 bits per heavy atom. The second-order valence-electron chi connectivity index (χ2n) is 5.83. The molecule has 0 N–H and O–H groups in total. The van der Waals surface area contributed by atoms with Gasteiger partial charge in [0.1, 0.15) is 6.04 Å². The van der Waals surface area contributed by atoms with Crippen molar-refractivity contribution in [1.82, 2.24) is 9.80 Å². The summed E-state index contributed by atoms with van der Waals surface area (Å²) < 4.78 is 78.4. The molecule has 1 aromatic rings. The number of hydrogen-bond acceptors (Lipinski definition) is 2. The molecule has 1 saturated heterocycles. The van der Waals surface area contributed by atoms with Crippen LogP contribution < -0.4 is 0 Å². The summed E-state index contributed by atoms with van der Waals surface area (Å²) in [5.74, 6) is -1.04. The molecular weight excluding hydrogens is 338 g/mol. The summed E-state index contributed by atoms with van der Waals surface area (Å²) in [7, 11) is 1.29. The molecule has 3 nitrogen and oxygen atoms in total. The molecule has 0 radical (unpaired) electrons. The number of benzene rings is 1. The summed E-state index contributed by atoms with van der Waals surface area (Å²) in [5, 5.41) is 0. The van der Waals surface area contributed by atoms with Crippen LogP contribution in [0, 0.1) is 0 Å². The number of piperazine rings is 1. The monoisotopic (exact) mass is 354 g/mol. The number of likely N-dealkylation sites (N-methyl/N-ethyl adjacent to an activating group) is 1. The molecule has 134 valence electrons. The number of hydrogen-bond donors (Lipinski definition) is 0. The molecule has 0 bridgehead atoms. The van der Waals surface area contributed by atoms with Crippen molar-refractivity contribution >= 4 is 5.91 Å². The van der Waals surface area contributed by atoms with Crippen molar-refractivity contribution in [3.8, 4) is 0 Å². The van der Waals surface area contributed by atoms with Gasteiger partial charge in [-0.3, -0.25) is 9.69 Å². The minimum atomic E-state index is -4.76. The molecule has 0 spiro atoms. The molecule has 9 heteroatoms. The van der Waals surface area contributed by atoms with Crippen LogP contribution >= 0.6 is 0 Å². The van der Waals surface area contributed by atoms with E-state index < -0.39 is 48.0 Å². The number of rotatable bonds is 1. The maximum atomic E-state index is 13.1. The Morgan fingerprint density at radius 1 is 1.08 bits per heavy atom. The van der Waals surface area contributed by atoms with Gasteiger partial charge in [0.2, 0.25) is 0 Å². The number of amides is 1. The Morgan fingerprint density at radius 2 is 1.67 bits per heavy atom. The van der Waals surface area contributed by atoms with Gasteiger partial charge in [-0.25, -0.2) is 0 Å². The van der Waals surface area contributed by atoms with Crippen LogP contribution in [0.25, 0.3) is 0 Å². The smallest absolute Gasteiger partial charge is 0.335 e. The Hall–Kier alpha value is -1.77. The SMILES string of the molecule is CC1CN(C(=O)c2ccccc2C(F)(F)F)CC(C(F)(F)F)N1C. The third kappa shape index (κ3) is 3.66. The van der Waals surface area contributed by atoms with E-state index in [4.69, 9.17) is 0 Å². The van der Waals surface area contributed by atoms with Gasteiger partial charge in [0, 0.05) is 19.1 Å². The molecule has 0 aromatic heterocycles. The highest BCUT2D eigenvalue weighted by molar-refractivity contribution is 5.96. The minimum Gasteiger partial charge on any atom is -0.335 e. The Balaban J connectivity index is 2.34. The standard InChI is InChI=1S/C15H16F6N2O/c1-9-7-23(8-12(22(9)2)15(19,20)21)13(24)10-5-3-4-6-11(10)14(16,17)18/h3-6,9,12H,7-8H2,1-2H3. The van der Waals surface area contributed by atoms with E-state index in [1.807, 2.05) is 0 Å². The molecule has 2 rings (SSSR count). The molecule has 24 heavy (non-hydrogen) atoms. The second kappa shape index (κ2) is 6.27. The molecule has 0 saturated carbocycles. The van der Waals surface area contributed by atoms with Crippen LogP contribution in [0.4, 0.5) is 26.3 Å². The van der Waals surface area contributed by atoms with Gasteiger partial charge in [-0.1, -0.05) is 12.1 Å². The molecule has 1 amide bonds. The Labute approximate surface area is 134 Å². The first-order valence-corrected chi connectivity index (χ1v) is 7.17. The summed E-state index contributed by atoms with van der Waals surface area (Å²) in [4.78, 5) is 14.4. The Kier molecular flexibility index (Phi) is 4.85. The first-order valence-electron chi connectivity index (χ1n) is 7.17. The first-order chi connectivity index (χ1) is 10.9. The average Bonchev–Trinajstić information content (AvgIpc) is 2.47. The van der Waals surface area contributed by atoms with Gasteiger partial charge >= 0.3 is 12.4 Å². The summed E-state index contributed by atoms with van der Waals surface area (Å²) in [6.45, 7) is 0.720. The van der Waals surface area contributed by atoms with Crippen molar-refractivity contribution in [1.29, 1.82) is 0 Å². The number of carbonyl (C=O) groups is 1. The largest absolute Gasteiger partial charge is 0.417 e. The van der Waals surface area contributed by atoms with Gasteiger partial charge < -0.3 is 4.90 Å². The van der Waals surface area contributed by atoms with Crippen LogP contribution in [-0.4, -0.2) is 54.1 Å². The predicted octanol–water partition coefficient (Wildman–Crippen LogP) is 3.41. The number of nitrogens with zero attached hydrogens (tertiary/aromatic N) is 2. The average molecular weight is 354 g/mol. The normalized spacial score (nSPS) is 23.4. The van der Waals surface area contributed by atoms with E-state index in [1.165, 1.54) is 20.0 Å². The molecule has 1 aliphatic rings. The minimum absolute atomic E-state index is 0.0753. The fraction of sp³-hybridized carbons (Fsp3) is 0.533. The second-order valence-corrected chi connectivity index (χ2v) is 5.83. The highest BCUT2D eigenvalue weighted by atomic mass is 19.4. The quantitative estimate of drug-likeness (QED) is 0.722. The van der Waals surface area contributed by atoms with Crippen LogP contribution in [0.3, 0.4) is 0 Å². The molecule has 1 heterocycles. The lowest BCUT2D eigenvalue weighted by molar-refractivity contribution is -0.197. The van der Waals surface area contributed by atoms with Gasteiger partial charge in [0.25, 0.3) is 5.91 Å². The Bertz CT molecular complexity index is 613. The zero-order chi connectivity index (χ0) is 18.3. The van der Waals surface area contributed by atoms with Crippen molar-refractivity contribution in [2.75, 3.05) is 20.1 Å². The molecule has 1 aliphatic heterocycles. The van der Waals surface area contributed by atoms with E-state index in [-0.39, 0.29) is 6.54 Å². The number of alkyl halides is 6. The van der Waals surface area contributed by atoms with E-state index in [2.05, 4.69) is 0 Å². The third-order valence-corrected chi connectivity index (χ3v) is 4.19. The number of carbonyl (C=O) groups excluding carboxylic acids is 1. The van der Waals surface area contributed by atoms with Crippen molar-refractivity contribution in [2.24, 2.45) is 0 Å². The van der Waals surface area contributed by atoms with E-state index in [9.17, 15) is 31.1 Å². The highest BCUT2D eigenvalue weighted by Gasteiger charge is 2.48. The van der Waals surface area contributed by atoms with Crippen molar-refractivity contribution < 1.29 is 31.1 Å². The first kappa shape index (κ1) is 18.6. The van der Waals surface area contributed by atoms with Gasteiger partial charge in [-0.2, -0.15) is 26.3 Å². The van der Waals surface area contributed by atoms with E-state index >= 15 is 0 Å². The van der Waals surface area contributed by atoms with Gasteiger partial charge in [0.05, 0.1) is 11.1 Å². The van der Waals surface area contributed by atoms with Crippen molar-refractivity contribution in [2.45, 2.75) is 31.4 Å². The zero-order valence-corrected chi connectivity index (χ0v) is 12.9.